The van der Waals surface area contributed by atoms with Gasteiger partial charge in [-0.25, -0.2) is 8.42 Å². The lowest BCUT2D eigenvalue weighted by atomic mass is 9.93. The fraction of sp³-hybridized carbons (Fsp3) is 0.700. The first-order chi connectivity index (χ1) is 7.87. The van der Waals surface area contributed by atoms with Crippen molar-refractivity contribution < 1.29 is 8.42 Å². The molecule has 0 spiro atoms. The van der Waals surface area contributed by atoms with Crippen LogP contribution in [0.25, 0.3) is 0 Å². The Morgan fingerprint density at radius 3 is 2.82 bits per heavy atom. The summed E-state index contributed by atoms with van der Waals surface area (Å²) in [6, 6.07) is 0. The van der Waals surface area contributed by atoms with Gasteiger partial charge in [-0.05, 0) is 11.8 Å². The number of rotatable bonds is 3. The summed E-state index contributed by atoms with van der Waals surface area (Å²) in [6.07, 6.45) is 2.33. The molecule has 1 saturated heterocycles. The Labute approximate surface area is 106 Å². The monoisotopic (exact) mass is 277 g/mol. The third-order valence-corrected chi connectivity index (χ3v) is 5.21. The molecule has 1 aromatic rings. The Morgan fingerprint density at radius 1 is 1.59 bits per heavy atom. The Morgan fingerprint density at radius 2 is 2.29 bits per heavy atom. The molecule has 1 aromatic heterocycles. The first-order valence-electron chi connectivity index (χ1n) is 5.45. The normalized spacial score (nSPS) is 20.9. The van der Waals surface area contributed by atoms with Crippen LogP contribution in [0.2, 0.25) is 0 Å². The van der Waals surface area contributed by atoms with Crippen LogP contribution >= 0.6 is 11.6 Å². The molecule has 1 aliphatic heterocycles. The first kappa shape index (κ1) is 12.9. The number of aromatic amines is 1. The molecule has 1 fully saturated rings. The van der Waals surface area contributed by atoms with Gasteiger partial charge in [0.15, 0.2) is 5.03 Å². The van der Waals surface area contributed by atoms with Gasteiger partial charge in [0.1, 0.15) is 0 Å². The highest BCUT2D eigenvalue weighted by Crippen LogP contribution is 2.33. The zero-order chi connectivity index (χ0) is 12.7. The van der Waals surface area contributed by atoms with Crippen LogP contribution in [0.5, 0.6) is 0 Å². The van der Waals surface area contributed by atoms with E-state index in [1.807, 2.05) is 0 Å². The van der Waals surface area contributed by atoms with Crippen LogP contribution in [-0.2, 0) is 15.9 Å². The van der Waals surface area contributed by atoms with E-state index in [2.05, 4.69) is 24.0 Å². The second-order valence-electron chi connectivity index (χ2n) is 5.11. The van der Waals surface area contributed by atoms with E-state index in [4.69, 9.17) is 11.6 Å². The average molecular weight is 278 g/mol. The second kappa shape index (κ2) is 4.26. The quantitative estimate of drug-likeness (QED) is 0.853. The van der Waals surface area contributed by atoms with Crippen molar-refractivity contribution in [3.05, 3.63) is 11.8 Å². The van der Waals surface area contributed by atoms with E-state index in [1.165, 1.54) is 10.5 Å². The molecule has 7 heteroatoms. The zero-order valence-electron chi connectivity index (χ0n) is 9.90. The van der Waals surface area contributed by atoms with Crippen molar-refractivity contribution in [3.63, 3.8) is 0 Å². The van der Waals surface area contributed by atoms with Gasteiger partial charge in [0.25, 0.3) is 10.0 Å². The first-order valence-corrected chi connectivity index (χ1v) is 7.43. The summed E-state index contributed by atoms with van der Waals surface area (Å²) in [5.74, 6) is 0.141. The highest BCUT2D eigenvalue weighted by molar-refractivity contribution is 7.89. The Balaban J connectivity index is 2.32. The molecule has 0 bridgehead atoms. The largest absolute Gasteiger partial charge is 0.266 e. The van der Waals surface area contributed by atoms with E-state index in [1.54, 1.807) is 0 Å². The van der Waals surface area contributed by atoms with Crippen molar-refractivity contribution in [2.45, 2.75) is 31.2 Å². The van der Waals surface area contributed by atoms with Crippen molar-refractivity contribution in [2.24, 2.45) is 5.41 Å². The van der Waals surface area contributed by atoms with Crippen LogP contribution < -0.4 is 0 Å². The Hall–Kier alpha value is -0.590. The fourth-order valence-electron chi connectivity index (χ4n) is 2.01. The molecule has 0 aliphatic carbocycles. The molecule has 0 saturated carbocycles. The summed E-state index contributed by atoms with van der Waals surface area (Å²) in [6.45, 7) is 5.22. The molecule has 0 aromatic carbocycles. The maximum absolute atomic E-state index is 12.4. The van der Waals surface area contributed by atoms with Crippen LogP contribution in [0.3, 0.4) is 0 Å². The molecule has 0 amide bonds. The van der Waals surface area contributed by atoms with Crippen LogP contribution in [0.15, 0.2) is 11.2 Å². The summed E-state index contributed by atoms with van der Waals surface area (Å²) < 4.78 is 26.2. The summed E-state index contributed by atoms with van der Waals surface area (Å²) in [5.41, 5.74) is 0.560. The average Bonchev–Trinajstić information content (AvgIpc) is 2.83. The van der Waals surface area contributed by atoms with Crippen LogP contribution in [0, 0.1) is 5.41 Å². The van der Waals surface area contributed by atoms with E-state index in [0.29, 0.717) is 18.7 Å². The molecule has 0 atom stereocenters. The molecule has 0 unspecified atom stereocenters. The van der Waals surface area contributed by atoms with Crippen molar-refractivity contribution in [2.75, 3.05) is 13.1 Å². The Bertz CT molecular complexity index is 509. The number of hydrogen-bond acceptors (Lipinski definition) is 3. The number of nitrogens with zero attached hydrogens (tertiary/aromatic N) is 2. The number of sulfonamides is 1. The topological polar surface area (TPSA) is 66.1 Å². The van der Waals surface area contributed by atoms with Gasteiger partial charge in [-0.15, -0.1) is 11.6 Å². The number of nitrogens with one attached hydrogen (secondary N) is 1. The lowest BCUT2D eigenvalue weighted by Crippen LogP contribution is -2.31. The lowest BCUT2D eigenvalue weighted by molar-refractivity contribution is 0.374. The van der Waals surface area contributed by atoms with Gasteiger partial charge in [0.05, 0.1) is 12.1 Å². The minimum atomic E-state index is -3.48. The fourth-order valence-corrected chi connectivity index (χ4v) is 4.03. The number of H-pyrrole nitrogens is 1. The molecule has 1 N–H and O–H groups in total. The maximum atomic E-state index is 12.4. The molecule has 5 nitrogen and oxygen atoms in total. The Kier molecular flexibility index (Phi) is 3.22. The molecular weight excluding hydrogens is 262 g/mol. The van der Waals surface area contributed by atoms with E-state index in [0.717, 1.165) is 6.42 Å². The van der Waals surface area contributed by atoms with Crippen LogP contribution in [0.4, 0.5) is 0 Å². The van der Waals surface area contributed by atoms with Crippen LogP contribution in [-0.4, -0.2) is 36.0 Å². The molecule has 1 aliphatic rings. The number of halogens is 1. The highest BCUT2D eigenvalue weighted by Gasteiger charge is 2.38. The van der Waals surface area contributed by atoms with Crippen LogP contribution in [0.1, 0.15) is 25.8 Å². The van der Waals surface area contributed by atoms with Gasteiger partial charge in [0.2, 0.25) is 0 Å². The van der Waals surface area contributed by atoms with E-state index in [9.17, 15) is 8.42 Å². The summed E-state index contributed by atoms with van der Waals surface area (Å²) in [7, 11) is -3.48. The van der Waals surface area contributed by atoms with Gasteiger partial charge in [-0.1, -0.05) is 13.8 Å². The molecule has 2 rings (SSSR count). The maximum Gasteiger partial charge on any atom is 0.260 e. The van der Waals surface area contributed by atoms with Gasteiger partial charge >= 0.3 is 0 Å². The minimum absolute atomic E-state index is 0.0359. The number of alkyl halides is 1. The molecule has 17 heavy (non-hydrogen) atoms. The number of hydrogen-bond donors (Lipinski definition) is 1. The van der Waals surface area contributed by atoms with Gasteiger partial charge in [0, 0.05) is 18.7 Å². The van der Waals surface area contributed by atoms with Crippen molar-refractivity contribution in [1.29, 1.82) is 0 Å². The SMILES string of the molecule is CC1(C)CCN(S(=O)(=O)c2[nH]ncc2CCl)C1. The smallest absolute Gasteiger partial charge is 0.260 e. The third-order valence-electron chi connectivity index (χ3n) is 3.06. The lowest BCUT2D eigenvalue weighted by Gasteiger charge is -2.19. The molecule has 96 valence electrons. The van der Waals surface area contributed by atoms with E-state index in [-0.39, 0.29) is 16.3 Å². The van der Waals surface area contributed by atoms with E-state index < -0.39 is 10.0 Å². The number of aromatic nitrogens is 2. The third kappa shape index (κ3) is 2.34. The molecule has 0 radical (unpaired) electrons. The summed E-state index contributed by atoms with van der Waals surface area (Å²) in [4.78, 5) is 0. The predicted octanol–water partition coefficient (Wildman–Crippen LogP) is 1.57. The van der Waals surface area contributed by atoms with Crippen molar-refractivity contribution >= 4 is 21.6 Å². The summed E-state index contributed by atoms with van der Waals surface area (Å²) in [5, 5.41) is 6.42. The second-order valence-corrected chi connectivity index (χ2v) is 7.25. The van der Waals surface area contributed by atoms with Crippen molar-refractivity contribution in [3.8, 4) is 0 Å². The standard InChI is InChI=1S/C10H16ClN3O2S/c1-10(2)3-4-14(7-10)17(15,16)9-8(5-11)6-12-13-9/h6H,3-5,7H2,1-2H3,(H,12,13). The predicted molar refractivity (Wildman–Crippen MR) is 65.3 cm³/mol. The van der Waals surface area contributed by atoms with Gasteiger partial charge in [-0.2, -0.15) is 9.40 Å². The van der Waals surface area contributed by atoms with Crippen molar-refractivity contribution in [1.82, 2.24) is 14.5 Å². The van der Waals surface area contributed by atoms with Gasteiger partial charge in [-0.3, -0.25) is 5.10 Å². The molecular formula is C10H16ClN3O2S. The zero-order valence-corrected chi connectivity index (χ0v) is 11.5. The van der Waals surface area contributed by atoms with E-state index >= 15 is 0 Å². The van der Waals surface area contributed by atoms with Gasteiger partial charge < -0.3 is 0 Å². The minimum Gasteiger partial charge on any atom is -0.266 e. The summed E-state index contributed by atoms with van der Waals surface area (Å²) >= 11 is 5.70. The molecule has 2 heterocycles. The highest BCUT2D eigenvalue weighted by atomic mass is 35.5.